The SMILES string of the molecule is CC1(NCC2CCCN2C(=O)OC(C)(C)C)CCCOC1. The highest BCUT2D eigenvalue weighted by Crippen LogP contribution is 2.23. The van der Waals surface area contributed by atoms with Crippen molar-refractivity contribution in [1.29, 1.82) is 0 Å². The predicted octanol–water partition coefficient (Wildman–Crippen LogP) is 2.54. The highest BCUT2D eigenvalue weighted by atomic mass is 16.6. The van der Waals surface area contributed by atoms with E-state index in [2.05, 4.69) is 12.2 Å². The molecule has 1 amide bonds. The molecule has 0 aromatic rings. The fraction of sp³-hybridized carbons (Fsp3) is 0.938. The molecular formula is C16H30N2O3. The van der Waals surface area contributed by atoms with Gasteiger partial charge >= 0.3 is 6.09 Å². The highest BCUT2D eigenvalue weighted by Gasteiger charge is 2.34. The summed E-state index contributed by atoms with van der Waals surface area (Å²) in [6.45, 7) is 11.2. The fourth-order valence-corrected chi connectivity index (χ4v) is 3.05. The molecule has 2 fully saturated rings. The third-order valence-electron chi connectivity index (χ3n) is 4.21. The van der Waals surface area contributed by atoms with Crippen LogP contribution < -0.4 is 5.32 Å². The molecule has 21 heavy (non-hydrogen) atoms. The van der Waals surface area contributed by atoms with Crippen LogP contribution in [0.15, 0.2) is 0 Å². The molecule has 2 saturated heterocycles. The first-order valence-electron chi connectivity index (χ1n) is 8.11. The average molecular weight is 298 g/mol. The summed E-state index contributed by atoms with van der Waals surface area (Å²) in [5, 5.41) is 3.61. The molecule has 0 aromatic carbocycles. The van der Waals surface area contributed by atoms with Gasteiger partial charge in [-0.3, -0.25) is 0 Å². The molecule has 2 heterocycles. The Morgan fingerprint density at radius 1 is 1.43 bits per heavy atom. The molecule has 2 unspecified atom stereocenters. The Balaban J connectivity index is 1.85. The number of hydrogen-bond donors (Lipinski definition) is 1. The zero-order valence-corrected chi connectivity index (χ0v) is 13.9. The molecule has 5 nitrogen and oxygen atoms in total. The number of nitrogens with one attached hydrogen (secondary N) is 1. The number of carbonyl (C=O) groups is 1. The summed E-state index contributed by atoms with van der Waals surface area (Å²) in [4.78, 5) is 14.1. The minimum Gasteiger partial charge on any atom is -0.444 e. The van der Waals surface area contributed by atoms with Crippen molar-refractivity contribution in [2.45, 2.75) is 70.6 Å². The predicted molar refractivity (Wildman–Crippen MR) is 82.4 cm³/mol. The molecular weight excluding hydrogens is 268 g/mol. The molecule has 1 N–H and O–H groups in total. The van der Waals surface area contributed by atoms with Crippen LogP contribution in [-0.2, 0) is 9.47 Å². The monoisotopic (exact) mass is 298 g/mol. The van der Waals surface area contributed by atoms with Crippen molar-refractivity contribution in [3.63, 3.8) is 0 Å². The molecule has 2 atom stereocenters. The molecule has 0 aromatic heterocycles. The zero-order valence-electron chi connectivity index (χ0n) is 13.9. The first-order valence-corrected chi connectivity index (χ1v) is 8.11. The fourth-order valence-electron chi connectivity index (χ4n) is 3.05. The number of carbonyl (C=O) groups excluding carboxylic acids is 1. The van der Waals surface area contributed by atoms with Gasteiger partial charge in [0.15, 0.2) is 0 Å². The standard InChI is InChI=1S/C16H30N2O3/c1-15(2,3)21-14(19)18-9-5-7-13(18)11-17-16(4)8-6-10-20-12-16/h13,17H,5-12H2,1-4H3. The number of nitrogens with zero attached hydrogens (tertiary/aromatic N) is 1. The summed E-state index contributed by atoms with van der Waals surface area (Å²) < 4.78 is 11.1. The maximum Gasteiger partial charge on any atom is 0.410 e. The Hall–Kier alpha value is -0.810. The number of rotatable bonds is 3. The van der Waals surface area contributed by atoms with Crippen molar-refractivity contribution in [1.82, 2.24) is 10.2 Å². The van der Waals surface area contributed by atoms with Gasteiger partial charge < -0.3 is 19.7 Å². The molecule has 2 aliphatic heterocycles. The Morgan fingerprint density at radius 2 is 2.19 bits per heavy atom. The largest absolute Gasteiger partial charge is 0.444 e. The van der Waals surface area contributed by atoms with E-state index in [9.17, 15) is 4.79 Å². The maximum atomic E-state index is 12.3. The van der Waals surface area contributed by atoms with Crippen LogP contribution in [0, 0.1) is 0 Å². The van der Waals surface area contributed by atoms with Crippen molar-refractivity contribution in [3.8, 4) is 0 Å². The normalized spacial score (nSPS) is 30.5. The number of ether oxygens (including phenoxy) is 2. The van der Waals surface area contributed by atoms with Crippen LogP contribution >= 0.6 is 0 Å². The quantitative estimate of drug-likeness (QED) is 0.870. The van der Waals surface area contributed by atoms with Crippen LogP contribution in [0.2, 0.25) is 0 Å². The van der Waals surface area contributed by atoms with Gasteiger partial charge in [0.1, 0.15) is 5.60 Å². The summed E-state index contributed by atoms with van der Waals surface area (Å²) in [6.07, 6.45) is 4.15. The molecule has 2 rings (SSSR count). The Labute approximate surface area is 128 Å². The van der Waals surface area contributed by atoms with Gasteiger partial charge in [-0.1, -0.05) is 0 Å². The summed E-state index contributed by atoms with van der Waals surface area (Å²) in [6, 6.07) is 0.235. The minimum absolute atomic E-state index is 0.0421. The minimum atomic E-state index is -0.430. The van der Waals surface area contributed by atoms with Crippen LogP contribution in [0.5, 0.6) is 0 Å². The van der Waals surface area contributed by atoms with Gasteiger partial charge in [0.2, 0.25) is 0 Å². The van der Waals surface area contributed by atoms with Gasteiger partial charge in [-0.25, -0.2) is 4.79 Å². The molecule has 0 radical (unpaired) electrons. The van der Waals surface area contributed by atoms with E-state index >= 15 is 0 Å². The van der Waals surface area contributed by atoms with E-state index in [0.717, 1.165) is 52.0 Å². The Kier molecular flexibility index (Phi) is 5.15. The van der Waals surface area contributed by atoms with E-state index in [1.807, 2.05) is 25.7 Å². The molecule has 5 heteroatoms. The van der Waals surface area contributed by atoms with Gasteiger partial charge in [-0.15, -0.1) is 0 Å². The van der Waals surface area contributed by atoms with Gasteiger partial charge in [0.05, 0.1) is 6.61 Å². The maximum absolute atomic E-state index is 12.3. The van der Waals surface area contributed by atoms with E-state index < -0.39 is 5.60 Å². The molecule has 2 aliphatic rings. The van der Waals surface area contributed by atoms with E-state index in [1.54, 1.807) is 0 Å². The van der Waals surface area contributed by atoms with Crippen LogP contribution in [0.3, 0.4) is 0 Å². The van der Waals surface area contributed by atoms with Crippen molar-refractivity contribution < 1.29 is 14.3 Å². The van der Waals surface area contributed by atoms with Gasteiger partial charge in [0.25, 0.3) is 0 Å². The molecule has 122 valence electrons. The number of likely N-dealkylation sites (tertiary alicyclic amines) is 1. The summed E-state index contributed by atoms with van der Waals surface area (Å²) >= 11 is 0. The van der Waals surface area contributed by atoms with Gasteiger partial charge in [-0.2, -0.15) is 0 Å². The Bertz CT molecular complexity index is 359. The molecule has 0 spiro atoms. The van der Waals surface area contributed by atoms with E-state index in [4.69, 9.17) is 9.47 Å². The smallest absolute Gasteiger partial charge is 0.410 e. The lowest BCUT2D eigenvalue weighted by atomic mass is 9.94. The second-order valence-corrected chi connectivity index (χ2v) is 7.57. The van der Waals surface area contributed by atoms with Crippen LogP contribution in [0.1, 0.15) is 53.4 Å². The van der Waals surface area contributed by atoms with E-state index in [1.165, 1.54) is 0 Å². The lowest BCUT2D eigenvalue weighted by Gasteiger charge is -2.37. The van der Waals surface area contributed by atoms with E-state index in [0.29, 0.717) is 0 Å². The van der Waals surface area contributed by atoms with Crippen LogP contribution in [0.4, 0.5) is 4.79 Å². The number of amides is 1. The highest BCUT2D eigenvalue weighted by molar-refractivity contribution is 5.69. The second-order valence-electron chi connectivity index (χ2n) is 7.57. The molecule has 0 aliphatic carbocycles. The lowest BCUT2D eigenvalue weighted by molar-refractivity contribution is 0.0148. The molecule has 0 saturated carbocycles. The summed E-state index contributed by atoms with van der Waals surface area (Å²) in [5.74, 6) is 0. The summed E-state index contributed by atoms with van der Waals surface area (Å²) in [5.41, 5.74) is -0.388. The van der Waals surface area contributed by atoms with E-state index in [-0.39, 0.29) is 17.7 Å². The van der Waals surface area contributed by atoms with Gasteiger partial charge in [-0.05, 0) is 53.4 Å². The first kappa shape index (κ1) is 16.6. The lowest BCUT2D eigenvalue weighted by Crippen LogP contribution is -2.53. The second kappa shape index (κ2) is 6.53. The van der Waals surface area contributed by atoms with Crippen LogP contribution in [-0.4, -0.2) is 54.5 Å². The third-order valence-corrected chi connectivity index (χ3v) is 4.21. The van der Waals surface area contributed by atoms with Crippen molar-refractivity contribution >= 4 is 6.09 Å². The first-order chi connectivity index (χ1) is 9.79. The number of hydrogen-bond acceptors (Lipinski definition) is 4. The van der Waals surface area contributed by atoms with Crippen molar-refractivity contribution in [2.24, 2.45) is 0 Å². The van der Waals surface area contributed by atoms with Crippen molar-refractivity contribution in [2.75, 3.05) is 26.3 Å². The van der Waals surface area contributed by atoms with Crippen molar-refractivity contribution in [3.05, 3.63) is 0 Å². The third kappa shape index (κ3) is 4.85. The molecule has 0 bridgehead atoms. The topological polar surface area (TPSA) is 50.8 Å². The summed E-state index contributed by atoms with van der Waals surface area (Å²) in [7, 11) is 0. The average Bonchev–Trinajstić information content (AvgIpc) is 2.84. The zero-order chi connectivity index (χ0) is 15.5. The van der Waals surface area contributed by atoms with Gasteiger partial charge in [0, 0.05) is 31.3 Å². The Morgan fingerprint density at radius 3 is 2.81 bits per heavy atom. The van der Waals surface area contributed by atoms with Crippen LogP contribution in [0.25, 0.3) is 0 Å².